The lowest BCUT2D eigenvalue weighted by Crippen LogP contribution is -2.37. The van der Waals surface area contributed by atoms with Crippen LogP contribution in [-0.4, -0.2) is 32.3 Å². The topological polar surface area (TPSA) is 71.3 Å². The number of nitriles is 1. The highest BCUT2D eigenvalue weighted by Gasteiger charge is 2.13. The molecule has 1 amide bonds. The first-order valence-electron chi connectivity index (χ1n) is 6.11. The summed E-state index contributed by atoms with van der Waals surface area (Å²) in [7, 11) is 1.62. The number of ether oxygens (including phenoxy) is 2. The highest BCUT2D eigenvalue weighted by Crippen LogP contribution is 2.13. The molecule has 1 aromatic carbocycles. The quantitative estimate of drug-likeness (QED) is 0.755. The van der Waals surface area contributed by atoms with E-state index in [0.29, 0.717) is 24.5 Å². The van der Waals surface area contributed by atoms with Crippen LogP contribution in [0.1, 0.15) is 18.9 Å². The highest BCUT2D eigenvalue weighted by atomic mass is 16.5. The first kappa shape index (κ1) is 15.0. The van der Waals surface area contributed by atoms with Crippen molar-refractivity contribution in [3.63, 3.8) is 0 Å². The number of hydrogen-bond acceptors (Lipinski definition) is 4. The molecule has 0 aliphatic heterocycles. The number of nitrogens with zero attached hydrogens (tertiary/aromatic N) is 1. The van der Waals surface area contributed by atoms with Crippen molar-refractivity contribution in [1.82, 2.24) is 5.32 Å². The van der Waals surface area contributed by atoms with Crippen molar-refractivity contribution in [3.8, 4) is 11.8 Å². The maximum absolute atomic E-state index is 11.7. The van der Waals surface area contributed by atoms with Crippen LogP contribution in [0.15, 0.2) is 24.3 Å². The van der Waals surface area contributed by atoms with Crippen LogP contribution in [0.2, 0.25) is 0 Å². The Kier molecular flexibility index (Phi) is 6.41. The van der Waals surface area contributed by atoms with Crippen molar-refractivity contribution in [1.29, 1.82) is 5.26 Å². The molecule has 5 nitrogen and oxygen atoms in total. The van der Waals surface area contributed by atoms with Gasteiger partial charge in [0.2, 0.25) is 0 Å². The zero-order chi connectivity index (χ0) is 14.1. The lowest BCUT2D eigenvalue weighted by atomic mass is 10.2. The summed E-state index contributed by atoms with van der Waals surface area (Å²) < 4.78 is 10.4. The summed E-state index contributed by atoms with van der Waals surface area (Å²) in [5, 5.41) is 11.4. The molecule has 1 N–H and O–H groups in total. The summed E-state index contributed by atoms with van der Waals surface area (Å²) in [4.78, 5) is 11.7. The molecule has 0 spiro atoms. The molecule has 0 aromatic heterocycles. The van der Waals surface area contributed by atoms with Crippen molar-refractivity contribution in [3.05, 3.63) is 29.8 Å². The maximum Gasteiger partial charge on any atom is 0.260 e. The smallest absolute Gasteiger partial charge is 0.260 e. The lowest BCUT2D eigenvalue weighted by Gasteiger charge is -2.14. The van der Waals surface area contributed by atoms with Crippen molar-refractivity contribution >= 4 is 5.91 Å². The Labute approximate surface area is 113 Å². The predicted octanol–water partition coefficient (Wildman–Crippen LogP) is 1.48. The molecule has 1 unspecified atom stereocenters. The second-order valence-corrected chi connectivity index (χ2v) is 4.03. The Bertz CT molecular complexity index is 437. The minimum atomic E-state index is -0.574. The Morgan fingerprint density at radius 2 is 2.11 bits per heavy atom. The van der Waals surface area contributed by atoms with Crippen LogP contribution in [0.25, 0.3) is 0 Å². The lowest BCUT2D eigenvalue weighted by molar-refractivity contribution is -0.127. The standard InChI is InChI=1S/C14H18N2O3/c1-11(14(17)16-8-3-9-18-2)19-13-6-4-12(10-15)5-7-13/h4-7,11H,3,8-9H2,1-2H3,(H,16,17). The number of methoxy groups -OCH3 is 1. The van der Waals surface area contributed by atoms with Crippen molar-refractivity contribution < 1.29 is 14.3 Å². The summed E-state index contributed by atoms with van der Waals surface area (Å²) in [6.07, 6.45) is 0.196. The minimum absolute atomic E-state index is 0.166. The van der Waals surface area contributed by atoms with E-state index in [2.05, 4.69) is 5.32 Å². The van der Waals surface area contributed by atoms with E-state index in [1.54, 1.807) is 38.3 Å². The zero-order valence-corrected chi connectivity index (χ0v) is 11.2. The molecular weight excluding hydrogens is 244 g/mol. The number of carbonyl (C=O) groups is 1. The van der Waals surface area contributed by atoms with E-state index >= 15 is 0 Å². The fraction of sp³-hybridized carbons (Fsp3) is 0.429. The maximum atomic E-state index is 11.7. The highest BCUT2D eigenvalue weighted by molar-refractivity contribution is 5.80. The summed E-state index contributed by atoms with van der Waals surface area (Å²) in [6, 6.07) is 8.67. The van der Waals surface area contributed by atoms with Crippen LogP contribution in [-0.2, 0) is 9.53 Å². The normalized spacial score (nSPS) is 11.4. The van der Waals surface area contributed by atoms with Gasteiger partial charge in [-0.2, -0.15) is 5.26 Å². The Balaban J connectivity index is 2.38. The van der Waals surface area contributed by atoms with Gasteiger partial charge >= 0.3 is 0 Å². The van der Waals surface area contributed by atoms with E-state index in [4.69, 9.17) is 14.7 Å². The second-order valence-electron chi connectivity index (χ2n) is 4.03. The fourth-order valence-electron chi connectivity index (χ4n) is 1.44. The number of hydrogen-bond donors (Lipinski definition) is 1. The SMILES string of the molecule is COCCCNC(=O)C(C)Oc1ccc(C#N)cc1. The zero-order valence-electron chi connectivity index (χ0n) is 11.2. The van der Waals surface area contributed by atoms with Crippen molar-refractivity contribution in [2.24, 2.45) is 0 Å². The molecule has 5 heteroatoms. The molecule has 0 aliphatic carbocycles. The fourth-order valence-corrected chi connectivity index (χ4v) is 1.44. The second kappa shape index (κ2) is 8.11. The van der Waals surface area contributed by atoms with Gasteiger partial charge in [-0.05, 0) is 37.6 Å². The van der Waals surface area contributed by atoms with Gasteiger partial charge in [0, 0.05) is 20.3 Å². The Morgan fingerprint density at radius 1 is 1.42 bits per heavy atom. The minimum Gasteiger partial charge on any atom is -0.481 e. The number of rotatable bonds is 7. The van der Waals surface area contributed by atoms with Crippen LogP contribution in [0.3, 0.4) is 0 Å². The van der Waals surface area contributed by atoms with E-state index in [9.17, 15) is 4.79 Å². The van der Waals surface area contributed by atoms with Gasteiger partial charge in [-0.25, -0.2) is 0 Å². The molecule has 0 bridgehead atoms. The average Bonchev–Trinajstić information content (AvgIpc) is 2.44. The van der Waals surface area contributed by atoms with Gasteiger partial charge in [0.1, 0.15) is 5.75 Å². The van der Waals surface area contributed by atoms with Crippen LogP contribution >= 0.6 is 0 Å². The summed E-state index contributed by atoms with van der Waals surface area (Å²) in [5.41, 5.74) is 0.559. The molecule has 19 heavy (non-hydrogen) atoms. The van der Waals surface area contributed by atoms with Crippen LogP contribution in [0.5, 0.6) is 5.75 Å². The largest absolute Gasteiger partial charge is 0.481 e. The summed E-state index contributed by atoms with van der Waals surface area (Å²) in [6.45, 7) is 2.86. The molecule has 0 fully saturated rings. The van der Waals surface area contributed by atoms with Gasteiger partial charge in [0.25, 0.3) is 5.91 Å². The number of carbonyl (C=O) groups excluding carboxylic acids is 1. The van der Waals surface area contributed by atoms with E-state index in [0.717, 1.165) is 6.42 Å². The van der Waals surface area contributed by atoms with Gasteiger partial charge in [-0.1, -0.05) is 0 Å². The average molecular weight is 262 g/mol. The van der Waals surface area contributed by atoms with Crippen molar-refractivity contribution in [2.45, 2.75) is 19.4 Å². The van der Waals surface area contributed by atoms with Gasteiger partial charge in [-0.3, -0.25) is 4.79 Å². The predicted molar refractivity (Wildman–Crippen MR) is 70.7 cm³/mol. The van der Waals surface area contributed by atoms with E-state index < -0.39 is 6.10 Å². The third-order valence-electron chi connectivity index (χ3n) is 2.49. The van der Waals surface area contributed by atoms with Gasteiger partial charge in [0.15, 0.2) is 6.10 Å². The Morgan fingerprint density at radius 3 is 2.68 bits per heavy atom. The molecular formula is C14H18N2O3. The van der Waals surface area contributed by atoms with E-state index in [-0.39, 0.29) is 5.91 Å². The first-order chi connectivity index (χ1) is 9.17. The number of benzene rings is 1. The Hall–Kier alpha value is -2.06. The van der Waals surface area contributed by atoms with Gasteiger partial charge in [-0.15, -0.1) is 0 Å². The molecule has 1 aromatic rings. The van der Waals surface area contributed by atoms with Gasteiger partial charge < -0.3 is 14.8 Å². The summed E-state index contributed by atoms with van der Waals surface area (Å²) in [5.74, 6) is 0.402. The third kappa shape index (κ3) is 5.40. The van der Waals surface area contributed by atoms with E-state index in [1.165, 1.54) is 0 Å². The van der Waals surface area contributed by atoms with Gasteiger partial charge in [0.05, 0.1) is 11.6 Å². The molecule has 102 valence electrons. The van der Waals surface area contributed by atoms with E-state index in [1.807, 2.05) is 6.07 Å². The molecule has 0 heterocycles. The first-order valence-corrected chi connectivity index (χ1v) is 6.11. The monoisotopic (exact) mass is 262 g/mol. The van der Waals surface area contributed by atoms with Crippen LogP contribution in [0.4, 0.5) is 0 Å². The third-order valence-corrected chi connectivity index (χ3v) is 2.49. The van der Waals surface area contributed by atoms with Crippen molar-refractivity contribution in [2.75, 3.05) is 20.3 Å². The molecule has 0 saturated heterocycles. The molecule has 0 radical (unpaired) electrons. The summed E-state index contributed by atoms with van der Waals surface area (Å²) >= 11 is 0. The van der Waals surface area contributed by atoms with Crippen LogP contribution < -0.4 is 10.1 Å². The molecule has 0 aliphatic rings. The molecule has 0 saturated carbocycles. The van der Waals surface area contributed by atoms with Crippen LogP contribution in [0, 0.1) is 11.3 Å². The number of nitrogens with one attached hydrogen (secondary N) is 1. The number of amides is 1. The molecule has 1 rings (SSSR count). The molecule has 1 atom stereocenters.